The van der Waals surface area contributed by atoms with E-state index < -0.39 is 0 Å². The summed E-state index contributed by atoms with van der Waals surface area (Å²) in [6, 6.07) is 17.0. The molecule has 6 nitrogen and oxygen atoms in total. The number of aromatic nitrogens is 1. The van der Waals surface area contributed by atoms with Crippen LogP contribution in [-0.4, -0.2) is 32.2 Å². The lowest BCUT2D eigenvalue weighted by molar-refractivity contribution is 0.0942. The zero-order valence-corrected chi connectivity index (χ0v) is 19.2. The summed E-state index contributed by atoms with van der Waals surface area (Å²) in [5.74, 6) is 1.39. The predicted molar refractivity (Wildman–Crippen MR) is 127 cm³/mol. The second kappa shape index (κ2) is 9.28. The molecule has 1 amide bonds. The number of hydrogen-bond acceptors (Lipinski definition) is 6. The number of nitrogens with one attached hydrogen (secondary N) is 1. The summed E-state index contributed by atoms with van der Waals surface area (Å²) in [4.78, 5) is 19.2. The molecule has 0 aliphatic carbocycles. The minimum absolute atomic E-state index is 0.0981. The minimum atomic E-state index is -0.154. The molecule has 4 rings (SSSR count). The number of para-hydroxylation sites is 1. The first-order valence-electron chi connectivity index (χ1n) is 10.1. The first-order valence-corrected chi connectivity index (χ1v) is 11.0. The Morgan fingerprint density at radius 1 is 0.969 bits per heavy atom. The number of fused-ring (bicyclic) bond motifs is 1. The molecule has 0 radical (unpaired) electrons. The number of benzene rings is 2. The van der Waals surface area contributed by atoms with E-state index in [1.165, 1.54) is 0 Å². The number of pyridine rings is 1. The zero-order chi connectivity index (χ0) is 22.7. The van der Waals surface area contributed by atoms with Gasteiger partial charge in [-0.3, -0.25) is 4.79 Å². The Morgan fingerprint density at radius 3 is 2.31 bits per heavy atom. The third kappa shape index (κ3) is 4.11. The summed E-state index contributed by atoms with van der Waals surface area (Å²) in [6.45, 7) is 1.98. The first-order chi connectivity index (χ1) is 15.5. The average Bonchev–Trinajstić information content (AvgIpc) is 3.37. The maximum absolute atomic E-state index is 13.3. The molecule has 2 aromatic heterocycles. The van der Waals surface area contributed by atoms with Crippen LogP contribution in [0.25, 0.3) is 22.2 Å². The van der Waals surface area contributed by atoms with Gasteiger partial charge in [-0.15, -0.1) is 11.3 Å². The second-order valence-electron chi connectivity index (χ2n) is 7.20. The fourth-order valence-corrected chi connectivity index (χ4v) is 4.36. The summed E-state index contributed by atoms with van der Waals surface area (Å²) in [6.07, 6.45) is 0. The molecule has 2 heterocycles. The Kier molecular flexibility index (Phi) is 6.28. The van der Waals surface area contributed by atoms with Crippen LogP contribution in [0.3, 0.4) is 0 Å². The van der Waals surface area contributed by atoms with Gasteiger partial charge in [-0.2, -0.15) is 0 Å². The van der Waals surface area contributed by atoms with Gasteiger partial charge >= 0.3 is 0 Å². The molecule has 1 unspecified atom stereocenters. The van der Waals surface area contributed by atoms with Crippen LogP contribution in [0.4, 0.5) is 0 Å². The first kappa shape index (κ1) is 21.6. The summed E-state index contributed by atoms with van der Waals surface area (Å²) in [5.41, 5.74) is 2.68. The Hall–Kier alpha value is -3.58. The largest absolute Gasteiger partial charge is 0.493 e. The van der Waals surface area contributed by atoms with Gasteiger partial charge in [-0.25, -0.2) is 4.98 Å². The monoisotopic (exact) mass is 448 g/mol. The van der Waals surface area contributed by atoms with Crippen LogP contribution in [-0.2, 0) is 0 Å². The van der Waals surface area contributed by atoms with Crippen LogP contribution in [0, 0.1) is 0 Å². The molecule has 1 N–H and O–H groups in total. The van der Waals surface area contributed by atoms with Crippen LogP contribution in [0.1, 0.15) is 28.2 Å². The van der Waals surface area contributed by atoms with Gasteiger partial charge in [0.05, 0.1) is 44.1 Å². The van der Waals surface area contributed by atoms with E-state index in [1.54, 1.807) is 38.7 Å². The maximum atomic E-state index is 13.3. The quantitative estimate of drug-likeness (QED) is 0.405. The van der Waals surface area contributed by atoms with E-state index in [9.17, 15) is 4.79 Å². The van der Waals surface area contributed by atoms with Crippen molar-refractivity contribution in [3.05, 3.63) is 70.4 Å². The Balaban J connectivity index is 1.82. The van der Waals surface area contributed by atoms with Gasteiger partial charge < -0.3 is 19.5 Å². The molecule has 0 spiro atoms. The molecule has 7 heteroatoms. The number of carbonyl (C=O) groups is 1. The van der Waals surface area contributed by atoms with Crippen molar-refractivity contribution in [2.24, 2.45) is 0 Å². The Labute approximate surface area is 190 Å². The van der Waals surface area contributed by atoms with Gasteiger partial charge in [0.1, 0.15) is 0 Å². The maximum Gasteiger partial charge on any atom is 0.252 e. The van der Waals surface area contributed by atoms with Crippen LogP contribution < -0.4 is 19.5 Å². The highest BCUT2D eigenvalue weighted by Crippen LogP contribution is 2.41. The van der Waals surface area contributed by atoms with E-state index in [-0.39, 0.29) is 11.9 Å². The molecule has 4 aromatic rings. The molecular formula is C25H24N2O4S. The van der Waals surface area contributed by atoms with Crippen molar-refractivity contribution in [1.29, 1.82) is 0 Å². The molecule has 0 fully saturated rings. The van der Waals surface area contributed by atoms with Gasteiger partial charge in [0.25, 0.3) is 5.91 Å². The van der Waals surface area contributed by atoms with Crippen molar-refractivity contribution < 1.29 is 19.0 Å². The fraction of sp³-hybridized carbons (Fsp3) is 0.200. The predicted octanol–water partition coefficient (Wildman–Crippen LogP) is 5.48. The van der Waals surface area contributed by atoms with Gasteiger partial charge in [-0.05, 0) is 42.6 Å². The van der Waals surface area contributed by atoms with E-state index >= 15 is 0 Å². The van der Waals surface area contributed by atoms with Crippen LogP contribution in [0.15, 0.2) is 60.0 Å². The third-order valence-electron chi connectivity index (χ3n) is 5.24. The third-order valence-corrected chi connectivity index (χ3v) is 6.29. The molecule has 0 aliphatic rings. The van der Waals surface area contributed by atoms with E-state index in [2.05, 4.69) is 5.32 Å². The number of amides is 1. The number of rotatable bonds is 7. The number of hydrogen-bond donors (Lipinski definition) is 1. The normalized spacial score (nSPS) is 11.8. The molecule has 32 heavy (non-hydrogen) atoms. The Morgan fingerprint density at radius 2 is 1.69 bits per heavy atom. The van der Waals surface area contributed by atoms with E-state index in [0.717, 1.165) is 21.3 Å². The summed E-state index contributed by atoms with van der Waals surface area (Å²) >= 11 is 1.62. The molecular weight excluding hydrogens is 424 g/mol. The Bertz CT molecular complexity index is 1230. The van der Waals surface area contributed by atoms with Crippen molar-refractivity contribution in [3.8, 4) is 28.5 Å². The smallest absolute Gasteiger partial charge is 0.252 e. The molecule has 0 bridgehead atoms. The van der Waals surface area contributed by atoms with E-state index in [0.29, 0.717) is 28.5 Å². The molecule has 2 aromatic carbocycles. The summed E-state index contributed by atoms with van der Waals surface area (Å²) in [5, 5.41) is 5.90. The molecule has 1 atom stereocenters. The highest BCUT2D eigenvalue weighted by Gasteiger charge is 2.19. The van der Waals surface area contributed by atoms with E-state index in [1.807, 2.05) is 60.8 Å². The number of thiophene rings is 1. The van der Waals surface area contributed by atoms with Gasteiger partial charge in [0.2, 0.25) is 5.75 Å². The summed E-state index contributed by atoms with van der Waals surface area (Å²) in [7, 11) is 4.70. The van der Waals surface area contributed by atoms with Gasteiger partial charge in [0.15, 0.2) is 11.5 Å². The number of ether oxygens (including phenoxy) is 3. The fourth-order valence-electron chi connectivity index (χ4n) is 3.62. The number of methoxy groups -OCH3 is 3. The lowest BCUT2D eigenvalue weighted by atomic mass is 10.0. The van der Waals surface area contributed by atoms with Gasteiger partial charge in [0, 0.05) is 15.8 Å². The highest BCUT2D eigenvalue weighted by molar-refractivity contribution is 7.10. The van der Waals surface area contributed by atoms with Crippen LogP contribution in [0.5, 0.6) is 17.2 Å². The highest BCUT2D eigenvalue weighted by atomic mass is 32.1. The molecule has 164 valence electrons. The van der Waals surface area contributed by atoms with Crippen molar-refractivity contribution >= 4 is 28.1 Å². The topological polar surface area (TPSA) is 69.7 Å². The van der Waals surface area contributed by atoms with Crippen molar-refractivity contribution in [2.45, 2.75) is 13.0 Å². The molecule has 0 saturated heterocycles. The standard InChI is InChI=1S/C25H24N2O4S/c1-15(23-10-7-11-32-23)26-25(28)18-14-20(27-19-9-6-5-8-17(18)19)16-12-21(29-2)24(31-4)22(13-16)30-3/h5-15H,1-4H3,(H,26,28). The van der Waals surface area contributed by atoms with Crippen molar-refractivity contribution in [3.63, 3.8) is 0 Å². The average molecular weight is 449 g/mol. The summed E-state index contributed by atoms with van der Waals surface area (Å²) < 4.78 is 16.4. The lowest BCUT2D eigenvalue weighted by Crippen LogP contribution is -2.26. The zero-order valence-electron chi connectivity index (χ0n) is 18.3. The van der Waals surface area contributed by atoms with Crippen molar-refractivity contribution in [1.82, 2.24) is 10.3 Å². The molecule has 0 saturated carbocycles. The number of nitrogens with zero attached hydrogens (tertiary/aromatic N) is 1. The lowest BCUT2D eigenvalue weighted by Gasteiger charge is -2.16. The minimum Gasteiger partial charge on any atom is -0.493 e. The SMILES string of the molecule is COc1cc(-c2cc(C(=O)NC(C)c3cccs3)c3ccccc3n2)cc(OC)c1OC. The second-order valence-corrected chi connectivity index (χ2v) is 8.18. The van der Waals surface area contributed by atoms with E-state index in [4.69, 9.17) is 19.2 Å². The number of carbonyl (C=O) groups excluding carboxylic acids is 1. The van der Waals surface area contributed by atoms with Crippen LogP contribution >= 0.6 is 11.3 Å². The van der Waals surface area contributed by atoms with Crippen molar-refractivity contribution in [2.75, 3.05) is 21.3 Å². The molecule has 0 aliphatic heterocycles. The van der Waals surface area contributed by atoms with Gasteiger partial charge in [-0.1, -0.05) is 24.3 Å². The van der Waals surface area contributed by atoms with Crippen LogP contribution in [0.2, 0.25) is 0 Å².